The number of hydrogen-bond acceptors (Lipinski definition) is 3. The maximum absolute atomic E-state index is 13.0. The van der Waals surface area contributed by atoms with E-state index in [0.29, 0.717) is 11.3 Å². The normalized spacial score (nSPS) is 10.3. The molecule has 2 rings (SSSR count). The van der Waals surface area contributed by atoms with Gasteiger partial charge in [0.1, 0.15) is 11.5 Å². The molecule has 0 spiro atoms. The predicted molar refractivity (Wildman–Crippen MR) is 68.1 cm³/mol. The van der Waals surface area contributed by atoms with E-state index in [9.17, 15) is 9.18 Å². The number of rotatable bonds is 3. The van der Waals surface area contributed by atoms with E-state index in [2.05, 4.69) is 4.98 Å². The molecule has 1 aromatic heterocycles. The van der Waals surface area contributed by atoms with Gasteiger partial charge >= 0.3 is 0 Å². The predicted octanol–water partition coefficient (Wildman–Crippen LogP) is 2.88. The van der Waals surface area contributed by atoms with E-state index >= 15 is 0 Å². The van der Waals surface area contributed by atoms with Crippen molar-refractivity contribution >= 4 is 23.1 Å². The number of anilines is 1. The Morgan fingerprint density at radius 2 is 2.17 bits per heavy atom. The summed E-state index contributed by atoms with van der Waals surface area (Å²) in [6.45, 7) is 0. The van der Waals surface area contributed by atoms with E-state index in [4.69, 9.17) is 17.3 Å². The van der Waals surface area contributed by atoms with Crippen LogP contribution in [0.4, 0.5) is 10.1 Å². The number of halogens is 2. The first-order chi connectivity index (χ1) is 8.58. The minimum Gasteiger partial charge on any atom is -0.397 e. The first-order valence-corrected chi connectivity index (χ1v) is 5.63. The Morgan fingerprint density at radius 3 is 2.83 bits per heavy atom. The van der Waals surface area contributed by atoms with Crippen LogP contribution in [0.2, 0.25) is 5.02 Å². The van der Waals surface area contributed by atoms with Gasteiger partial charge in [-0.25, -0.2) is 4.39 Å². The Hall–Kier alpha value is -1.94. The summed E-state index contributed by atoms with van der Waals surface area (Å²) < 4.78 is 13.0. The molecule has 0 atom stereocenters. The lowest BCUT2D eigenvalue weighted by Gasteiger charge is -2.04. The van der Waals surface area contributed by atoms with E-state index in [0.717, 1.165) is 0 Å². The number of Topliss-reactive ketones (excluding diaryl/α,β-unsaturated/α-hetero) is 1. The van der Waals surface area contributed by atoms with Crippen LogP contribution in [0.15, 0.2) is 36.5 Å². The van der Waals surface area contributed by atoms with Crippen molar-refractivity contribution in [3.63, 3.8) is 0 Å². The number of nitrogens with zero attached hydrogens (tertiary/aromatic N) is 1. The Labute approximate surface area is 108 Å². The quantitative estimate of drug-likeness (QED) is 0.868. The molecule has 1 heterocycles. The lowest BCUT2D eigenvalue weighted by atomic mass is 10.1. The van der Waals surface area contributed by atoms with Crippen molar-refractivity contribution in [2.45, 2.75) is 6.42 Å². The molecule has 0 aliphatic rings. The molecule has 2 N–H and O–H groups in total. The van der Waals surface area contributed by atoms with E-state index in [1.54, 1.807) is 12.1 Å². The van der Waals surface area contributed by atoms with Crippen LogP contribution in [0.25, 0.3) is 0 Å². The number of aromatic nitrogens is 1. The number of carbonyl (C=O) groups excluding carboxylic acids is 1. The fourth-order valence-electron chi connectivity index (χ4n) is 1.57. The highest BCUT2D eigenvalue weighted by Gasteiger charge is 2.12. The molecule has 0 unspecified atom stereocenters. The van der Waals surface area contributed by atoms with Crippen LogP contribution in [-0.2, 0) is 6.42 Å². The van der Waals surface area contributed by atoms with Gasteiger partial charge in [0, 0.05) is 12.6 Å². The summed E-state index contributed by atoms with van der Waals surface area (Å²) >= 11 is 5.65. The molecular formula is C13H10ClFN2O. The topological polar surface area (TPSA) is 56.0 Å². The molecule has 0 saturated carbocycles. The highest BCUT2D eigenvalue weighted by molar-refractivity contribution is 6.30. The van der Waals surface area contributed by atoms with Gasteiger partial charge in [0.25, 0.3) is 0 Å². The third-order valence-electron chi connectivity index (χ3n) is 2.45. The number of hydrogen-bond donors (Lipinski definition) is 1. The van der Waals surface area contributed by atoms with Gasteiger partial charge in [-0.15, -0.1) is 0 Å². The summed E-state index contributed by atoms with van der Waals surface area (Å²) in [6, 6.07) is 7.43. The lowest BCUT2D eigenvalue weighted by Crippen LogP contribution is -2.09. The molecule has 0 aliphatic heterocycles. The van der Waals surface area contributed by atoms with Gasteiger partial charge in [0.2, 0.25) is 0 Å². The largest absolute Gasteiger partial charge is 0.397 e. The van der Waals surface area contributed by atoms with Crippen LogP contribution in [0.5, 0.6) is 0 Å². The number of benzene rings is 1. The molecule has 0 aliphatic carbocycles. The third-order valence-corrected chi connectivity index (χ3v) is 2.74. The van der Waals surface area contributed by atoms with Crippen molar-refractivity contribution in [2.24, 2.45) is 0 Å². The fraction of sp³-hybridized carbons (Fsp3) is 0.0769. The third kappa shape index (κ3) is 2.65. The monoisotopic (exact) mass is 264 g/mol. The maximum atomic E-state index is 13.0. The van der Waals surface area contributed by atoms with Crippen LogP contribution in [0.1, 0.15) is 16.1 Å². The molecule has 2 aromatic rings. The molecule has 92 valence electrons. The van der Waals surface area contributed by atoms with Crippen LogP contribution in [0.3, 0.4) is 0 Å². The Morgan fingerprint density at radius 1 is 1.39 bits per heavy atom. The summed E-state index contributed by atoms with van der Waals surface area (Å²) in [7, 11) is 0. The van der Waals surface area contributed by atoms with Crippen molar-refractivity contribution < 1.29 is 9.18 Å². The lowest BCUT2D eigenvalue weighted by molar-refractivity contribution is 0.0989. The van der Waals surface area contributed by atoms with Gasteiger partial charge < -0.3 is 5.73 Å². The zero-order valence-electron chi connectivity index (χ0n) is 9.36. The van der Waals surface area contributed by atoms with Crippen LogP contribution >= 0.6 is 11.6 Å². The maximum Gasteiger partial charge on any atom is 0.187 e. The molecule has 5 heteroatoms. The summed E-state index contributed by atoms with van der Waals surface area (Å²) in [4.78, 5) is 15.9. The minimum absolute atomic E-state index is 0.00528. The fourth-order valence-corrected chi connectivity index (χ4v) is 1.77. The number of pyridine rings is 1. The van der Waals surface area contributed by atoms with E-state index in [1.165, 1.54) is 24.4 Å². The van der Waals surface area contributed by atoms with Crippen molar-refractivity contribution in [3.8, 4) is 0 Å². The average Bonchev–Trinajstić information content (AvgIpc) is 2.34. The Balaban J connectivity index is 2.22. The SMILES string of the molecule is Nc1cccnc1C(=O)Cc1ccc(F)c(Cl)c1. The van der Waals surface area contributed by atoms with Gasteiger partial charge in [0.15, 0.2) is 5.78 Å². The van der Waals surface area contributed by atoms with Gasteiger partial charge in [-0.1, -0.05) is 17.7 Å². The zero-order valence-corrected chi connectivity index (χ0v) is 10.1. The first kappa shape index (κ1) is 12.5. The van der Waals surface area contributed by atoms with E-state index < -0.39 is 5.82 Å². The molecule has 0 amide bonds. The van der Waals surface area contributed by atoms with Crippen molar-refractivity contribution in [3.05, 3.63) is 58.6 Å². The number of nitrogen functional groups attached to an aromatic ring is 1. The highest BCUT2D eigenvalue weighted by Crippen LogP contribution is 2.18. The Bertz CT molecular complexity index is 601. The van der Waals surface area contributed by atoms with Crippen molar-refractivity contribution in [1.29, 1.82) is 0 Å². The number of nitrogens with two attached hydrogens (primary N) is 1. The van der Waals surface area contributed by atoms with Crippen LogP contribution in [-0.4, -0.2) is 10.8 Å². The molecule has 1 aromatic carbocycles. The summed E-state index contributed by atoms with van der Waals surface area (Å²) in [5.41, 5.74) is 6.83. The van der Waals surface area contributed by atoms with Crippen molar-refractivity contribution in [2.75, 3.05) is 5.73 Å². The summed E-state index contributed by atoms with van der Waals surface area (Å²) in [5, 5.41) is -0.00528. The minimum atomic E-state index is -0.509. The smallest absolute Gasteiger partial charge is 0.187 e. The number of ketones is 1. The second-order valence-electron chi connectivity index (χ2n) is 3.79. The van der Waals surface area contributed by atoms with E-state index in [-0.39, 0.29) is 22.9 Å². The van der Waals surface area contributed by atoms with Gasteiger partial charge in [0.05, 0.1) is 10.7 Å². The average molecular weight is 265 g/mol. The highest BCUT2D eigenvalue weighted by atomic mass is 35.5. The van der Waals surface area contributed by atoms with Crippen LogP contribution < -0.4 is 5.73 Å². The number of carbonyl (C=O) groups is 1. The molecule has 18 heavy (non-hydrogen) atoms. The second kappa shape index (κ2) is 5.14. The molecule has 0 saturated heterocycles. The molecular weight excluding hydrogens is 255 g/mol. The second-order valence-corrected chi connectivity index (χ2v) is 4.20. The standard InChI is InChI=1S/C13H10ClFN2O/c14-9-6-8(3-4-10(9)15)7-12(18)13-11(16)2-1-5-17-13/h1-6H,7,16H2. The van der Waals surface area contributed by atoms with Gasteiger partial charge in [-0.2, -0.15) is 0 Å². The van der Waals surface area contributed by atoms with Crippen LogP contribution in [0, 0.1) is 5.82 Å². The summed E-state index contributed by atoms with van der Waals surface area (Å²) in [5.74, 6) is -0.735. The first-order valence-electron chi connectivity index (χ1n) is 5.25. The van der Waals surface area contributed by atoms with E-state index in [1.807, 2.05) is 0 Å². The molecule has 0 bridgehead atoms. The van der Waals surface area contributed by atoms with Gasteiger partial charge in [-0.05, 0) is 29.8 Å². The summed E-state index contributed by atoms with van der Waals surface area (Å²) in [6.07, 6.45) is 1.59. The molecule has 3 nitrogen and oxygen atoms in total. The zero-order chi connectivity index (χ0) is 13.1. The van der Waals surface area contributed by atoms with Crippen molar-refractivity contribution in [1.82, 2.24) is 4.98 Å². The molecule has 0 fully saturated rings. The molecule has 0 radical (unpaired) electrons. The Kier molecular flexibility index (Phi) is 3.58. The van der Waals surface area contributed by atoms with Gasteiger partial charge in [-0.3, -0.25) is 9.78 Å².